The maximum Gasteiger partial charge on any atom is 0.225 e. The molecule has 2 aromatic carbocycles. The summed E-state index contributed by atoms with van der Waals surface area (Å²) in [4.78, 5) is 16.9. The minimum absolute atomic E-state index is 0. The van der Waals surface area contributed by atoms with E-state index in [0.717, 1.165) is 49.4 Å². The maximum absolute atomic E-state index is 12.1. The average Bonchev–Trinajstić information content (AvgIpc) is 2.64. The van der Waals surface area contributed by atoms with Gasteiger partial charge in [0.25, 0.3) is 0 Å². The van der Waals surface area contributed by atoms with E-state index in [1.807, 2.05) is 24.3 Å². The van der Waals surface area contributed by atoms with Crippen LogP contribution in [0.4, 0.5) is 5.69 Å². The average molecular weight is 439 g/mol. The monoisotopic (exact) mass is 437 g/mol. The first-order valence-corrected chi connectivity index (χ1v) is 9.52. The molecular weight excluding hydrogens is 414 g/mol. The lowest BCUT2D eigenvalue weighted by Gasteiger charge is -2.34. The van der Waals surface area contributed by atoms with Gasteiger partial charge in [0.1, 0.15) is 0 Å². The van der Waals surface area contributed by atoms with Gasteiger partial charge >= 0.3 is 0 Å². The summed E-state index contributed by atoms with van der Waals surface area (Å²) in [6.07, 6.45) is 0.536. The normalized spacial score (nSPS) is 15.3. The minimum Gasteiger partial charge on any atom is -0.326 e. The van der Waals surface area contributed by atoms with Gasteiger partial charge < -0.3 is 10.2 Å². The Morgan fingerprint density at radius 2 is 1.54 bits per heavy atom. The van der Waals surface area contributed by atoms with Crippen molar-refractivity contribution in [2.75, 3.05) is 38.0 Å². The first-order valence-electron chi connectivity index (χ1n) is 8.73. The third-order valence-electron chi connectivity index (χ3n) is 4.50. The van der Waals surface area contributed by atoms with Crippen LogP contribution in [0.15, 0.2) is 59.1 Å². The molecule has 0 radical (unpaired) electrons. The van der Waals surface area contributed by atoms with Crippen LogP contribution >= 0.6 is 28.3 Å². The van der Waals surface area contributed by atoms with Crippen molar-refractivity contribution >= 4 is 39.9 Å². The van der Waals surface area contributed by atoms with E-state index in [0.29, 0.717) is 6.42 Å². The summed E-state index contributed by atoms with van der Waals surface area (Å²) in [5, 5.41) is 2.95. The second-order valence-corrected chi connectivity index (χ2v) is 7.32. The fourth-order valence-corrected chi connectivity index (χ4v) is 3.29. The zero-order valence-corrected chi connectivity index (χ0v) is 17.1. The molecule has 0 spiro atoms. The van der Waals surface area contributed by atoms with Gasteiger partial charge in [-0.1, -0.05) is 46.3 Å². The number of rotatable bonds is 6. The molecule has 2 aromatic rings. The molecule has 1 N–H and O–H groups in total. The van der Waals surface area contributed by atoms with Gasteiger partial charge in [-0.15, -0.1) is 12.4 Å². The van der Waals surface area contributed by atoms with Gasteiger partial charge in [-0.25, -0.2) is 0 Å². The Morgan fingerprint density at radius 3 is 2.19 bits per heavy atom. The van der Waals surface area contributed by atoms with Gasteiger partial charge in [-0.2, -0.15) is 0 Å². The SMILES string of the molecule is Cl.O=C(CCN1CCN(Cc2ccccc2)CC1)Nc1ccc(Br)cc1. The number of carbonyl (C=O) groups excluding carboxylic acids is 1. The molecule has 1 fully saturated rings. The number of anilines is 1. The molecule has 3 rings (SSSR count). The Labute approximate surface area is 170 Å². The second-order valence-electron chi connectivity index (χ2n) is 6.41. The molecule has 0 atom stereocenters. The Morgan fingerprint density at radius 1 is 0.923 bits per heavy atom. The van der Waals surface area contributed by atoms with Crippen LogP contribution in [0.1, 0.15) is 12.0 Å². The summed E-state index contributed by atoms with van der Waals surface area (Å²) in [5.41, 5.74) is 2.21. The van der Waals surface area contributed by atoms with Gasteiger partial charge in [-0.05, 0) is 29.8 Å². The van der Waals surface area contributed by atoms with Crippen molar-refractivity contribution in [2.24, 2.45) is 0 Å². The molecule has 1 amide bonds. The fraction of sp³-hybridized carbons (Fsp3) is 0.350. The lowest BCUT2D eigenvalue weighted by molar-refractivity contribution is -0.116. The number of nitrogens with zero attached hydrogens (tertiary/aromatic N) is 2. The second kappa shape index (κ2) is 10.7. The number of benzene rings is 2. The van der Waals surface area contributed by atoms with Crippen LogP contribution in [0, 0.1) is 0 Å². The molecular formula is C20H25BrClN3O. The van der Waals surface area contributed by atoms with Crippen molar-refractivity contribution in [3.8, 4) is 0 Å². The third kappa shape index (κ3) is 6.72. The van der Waals surface area contributed by atoms with Gasteiger partial charge in [0.15, 0.2) is 0 Å². The molecule has 1 saturated heterocycles. The maximum atomic E-state index is 12.1. The summed E-state index contributed by atoms with van der Waals surface area (Å²) >= 11 is 3.40. The van der Waals surface area contributed by atoms with E-state index < -0.39 is 0 Å². The van der Waals surface area contributed by atoms with Crippen molar-refractivity contribution in [3.63, 3.8) is 0 Å². The van der Waals surface area contributed by atoms with E-state index in [-0.39, 0.29) is 18.3 Å². The molecule has 0 bridgehead atoms. The van der Waals surface area contributed by atoms with Crippen LogP contribution in [-0.2, 0) is 11.3 Å². The first-order chi connectivity index (χ1) is 12.2. The minimum atomic E-state index is 0. The van der Waals surface area contributed by atoms with Crippen LogP contribution < -0.4 is 5.32 Å². The molecule has 1 aliphatic rings. The summed E-state index contributed by atoms with van der Waals surface area (Å²) in [5.74, 6) is 0.0778. The molecule has 1 heterocycles. The quantitative estimate of drug-likeness (QED) is 0.740. The lowest BCUT2D eigenvalue weighted by atomic mass is 10.2. The smallest absolute Gasteiger partial charge is 0.225 e. The summed E-state index contributed by atoms with van der Waals surface area (Å²) in [6.45, 7) is 6.00. The highest BCUT2D eigenvalue weighted by Crippen LogP contribution is 2.14. The van der Waals surface area contributed by atoms with Crippen molar-refractivity contribution in [3.05, 3.63) is 64.6 Å². The molecule has 26 heavy (non-hydrogen) atoms. The summed E-state index contributed by atoms with van der Waals surface area (Å²) < 4.78 is 1.01. The van der Waals surface area contributed by atoms with E-state index in [9.17, 15) is 4.79 Å². The molecule has 140 valence electrons. The summed E-state index contributed by atoms with van der Waals surface area (Å²) in [7, 11) is 0. The molecule has 0 saturated carbocycles. The third-order valence-corrected chi connectivity index (χ3v) is 5.03. The molecule has 0 unspecified atom stereocenters. The van der Waals surface area contributed by atoms with E-state index >= 15 is 0 Å². The van der Waals surface area contributed by atoms with E-state index in [2.05, 4.69) is 61.4 Å². The number of halogens is 2. The Kier molecular flexibility index (Phi) is 8.59. The number of amides is 1. The Hall–Kier alpha value is -1.40. The zero-order chi connectivity index (χ0) is 17.5. The van der Waals surface area contributed by atoms with E-state index in [1.54, 1.807) is 0 Å². The van der Waals surface area contributed by atoms with Gasteiger partial charge in [0, 0.05) is 55.8 Å². The number of nitrogens with one attached hydrogen (secondary N) is 1. The van der Waals surface area contributed by atoms with Crippen LogP contribution in [0.25, 0.3) is 0 Å². The molecule has 0 aromatic heterocycles. The van der Waals surface area contributed by atoms with Crippen molar-refractivity contribution in [1.29, 1.82) is 0 Å². The number of carbonyl (C=O) groups is 1. The van der Waals surface area contributed by atoms with Crippen LogP contribution in [0.2, 0.25) is 0 Å². The van der Waals surface area contributed by atoms with Crippen LogP contribution in [0.3, 0.4) is 0 Å². The summed E-state index contributed by atoms with van der Waals surface area (Å²) in [6, 6.07) is 18.3. The molecule has 0 aliphatic carbocycles. The Bertz CT molecular complexity index is 673. The highest BCUT2D eigenvalue weighted by atomic mass is 79.9. The van der Waals surface area contributed by atoms with Gasteiger partial charge in [-0.3, -0.25) is 9.69 Å². The number of piperazine rings is 1. The van der Waals surface area contributed by atoms with Crippen LogP contribution in [0.5, 0.6) is 0 Å². The standard InChI is InChI=1S/C20H24BrN3O.ClH/c21-18-6-8-19(9-7-18)22-20(25)10-11-23-12-14-24(15-13-23)16-17-4-2-1-3-5-17;/h1-9H,10-16H2,(H,22,25);1H. The van der Waals surface area contributed by atoms with Crippen LogP contribution in [-0.4, -0.2) is 48.4 Å². The van der Waals surface area contributed by atoms with Crippen molar-refractivity contribution < 1.29 is 4.79 Å². The fourth-order valence-electron chi connectivity index (χ4n) is 3.03. The first kappa shape index (κ1) is 20.9. The lowest BCUT2D eigenvalue weighted by Crippen LogP contribution is -2.46. The van der Waals surface area contributed by atoms with Gasteiger partial charge in [0.05, 0.1) is 0 Å². The van der Waals surface area contributed by atoms with Crippen molar-refractivity contribution in [1.82, 2.24) is 9.80 Å². The van der Waals surface area contributed by atoms with Gasteiger partial charge in [0.2, 0.25) is 5.91 Å². The van der Waals surface area contributed by atoms with E-state index in [4.69, 9.17) is 0 Å². The molecule has 1 aliphatic heterocycles. The topological polar surface area (TPSA) is 35.6 Å². The molecule has 4 nitrogen and oxygen atoms in total. The highest BCUT2D eigenvalue weighted by Gasteiger charge is 2.17. The number of hydrogen-bond acceptors (Lipinski definition) is 3. The van der Waals surface area contributed by atoms with Crippen molar-refractivity contribution in [2.45, 2.75) is 13.0 Å². The largest absolute Gasteiger partial charge is 0.326 e. The van der Waals surface area contributed by atoms with E-state index in [1.165, 1.54) is 5.56 Å². The number of hydrogen-bond donors (Lipinski definition) is 1. The predicted octanol–water partition coefficient (Wildman–Crippen LogP) is 4.02. The zero-order valence-electron chi connectivity index (χ0n) is 14.7. The highest BCUT2D eigenvalue weighted by molar-refractivity contribution is 9.10. The predicted molar refractivity (Wildman–Crippen MR) is 113 cm³/mol. The Balaban J connectivity index is 0.00000243. The molecule has 6 heteroatoms.